The van der Waals surface area contributed by atoms with Gasteiger partial charge in [0.05, 0.1) is 6.16 Å². The van der Waals surface area contributed by atoms with Crippen molar-refractivity contribution in [2.75, 3.05) is 20.0 Å². The van der Waals surface area contributed by atoms with Gasteiger partial charge in [0.15, 0.2) is 0 Å². The van der Waals surface area contributed by atoms with Crippen LogP contribution in [0.3, 0.4) is 0 Å². The Morgan fingerprint density at radius 3 is 1.64 bits per heavy atom. The second-order valence-corrected chi connectivity index (χ2v) is 8.83. The molecule has 0 atom stereocenters. The van der Waals surface area contributed by atoms with Crippen LogP contribution in [0.1, 0.15) is 5.56 Å². The summed E-state index contributed by atoms with van der Waals surface area (Å²) in [5.41, 5.74) is 1.48. The molecular weight excluding hydrogens is 208 g/mol. The van der Waals surface area contributed by atoms with E-state index in [1.54, 1.807) is 0 Å². The van der Waals surface area contributed by atoms with E-state index < -0.39 is 7.26 Å². The van der Waals surface area contributed by atoms with E-state index in [1.165, 1.54) is 11.7 Å². The lowest BCUT2D eigenvalue weighted by Gasteiger charge is -2.10. The molecule has 0 fully saturated rings. The Kier molecular flexibility index (Phi) is 10.6. The first-order valence-electron chi connectivity index (χ1n) is 3.92. The molecule has 4 heteroatoms. The quantitative estimate of drug-likeness (QED) is 0.678. The fourth-order valence-corrected chi connectivity index (χ4v) is 2.44. The summed E-state index contributed by atoms with van der Waals surface area (Å²) < 4.78 is 0. The zero-order valence-electron chi connectivity index (χ0n) is 8.77. The smallest absolute Gasteiger partial charge is 0.0834 e. The van der Waals surface area contributed by atoms with Crippen molar-refractivity contribution >= 4 is 7.26 Å². The molecule has 1 aromatic carbocycles. The maximum absolute atomic E-state index is 2.38. The van der Waals surface area contributed by atoms with Crippen LogP contribution in [-0.4, -0.2) is 20.0 Å². The van der Waals surface area contributed by atoms with E-state index in [1.807, 2.05) is 0 Å². The molecule has 0 spiro atoms. The lowest BCUT2D eigenvalue weighted by Crippen LogP contribution is -1.90. The number of hydrogen-bond donors (Lipinski definition) is 0. The Morgan fingerprint density at radius 1 is 0.857 bits per heavy atom. The number of rotatable bonds is 2. The minimum absolute atomic E-state index is 0. The second kappa shape index (κ2) is 7.81. The summed E-state index contributed by atoms with van der Waals surface area (Å²) in [4.78, 5) is 0. The van der Waals surface area contributed by atoms with E-state index in [-0.39, 0.29) is 14.1 Å². The normalized spacial score (nSPS) is 9.07. The minimum Gasteiger partial charge on any atom is -0.269 e. The van der Waals surface area contributed by atoms with Crippen LogP contribution in [0.25, 0.3) is 0 Å². The fourth-order valence-electron chi connectivity index (χ4n) is 1.13. The Labute approximate surface area is 84.2 Å². The molecule has 0 N–H and O–H groups in total. The average molecular weight is 227 g/mol. The number of halogens is 3. The number of benzene rings is 1. The van der Waals surface area contributed by atoms with Crippen LogP contribution in [0.4, 0.5) is 14.1 Å². The van der Waals surface area contributed by atoms with Crippen LogP contribution in [0.2, 0.25) is 0 Å². The van der Waals surface area contributed by atoms with Gasteiger partial charge in [-0.2, -0.15) is 0 Å². The van der Waals surface area contributed by atoms with Gasteiger partial charge in [-0.05, 0) is 5.56 Å². The third kappa shape index (κ3) is 8.06. The van der Waals surface area contributed by atoms with Gasteiger partial charge in [-0.25, -0.2) is 0 Å². The van der Waals surface area contributed by atoms with Crippen molar-refractivity contribution in [3.8, 4) is 0 Å². The topological polar surface area (TPSA) is 0 Å². The molecular formula is C10H19F3P+. The van der Waals surface area contributed by atoms with Gasteiger partial charge < -0.3 is 0 Å². The van der Waals surface area contributed by atoms with Crippen molar-refractivity contribution in [3.05, 3.63) is 35.9 Å². The molecule has 14 heavy (non-hydrogen) atoms. The van der Waals surface area contributed by atoms with Crippen molar-refractivity contribution in [1.82, 2.24) is 0 Å². The molecule has 0 aliphatic carbocycles. The van der Waals surface area contributed by atoms with Gasteiger partial charge in [-0.1, -0.05) is 30.3 Å². The van der Waals surface area contributed by atoms with Crippen LogP contribution in [0.5, 0.6) is 0 Å². The molecule has 0 aromatic heterocycles. The Morgan fingerprint density at radius 2 is 1.29 bits per heavy atom. The number of hydrogen-bond acceptors (Lipinski definition) is 0. The van der Waals surface area contributed by atoms with E-state index in [9.17, 15) is 0 Å². The van der Waals surface area contributed by atoms with Crippen molar-refractivity contribution in [3.63, 3.8) is 0 Å². The summed E-state index contributed by atoms with van der Waals surface area (Å²) in [5.74, 6) is 0. The molecule has 0 amide bonds. The molecule has 0 heterocycles. The first kappa shape index (κ1) is 19.1. The van der Waals surface area contributed by atoms with Gasteiger partial charge in [0, 0.05) is 27.3 Å². The van der Waals surface area contributed by atoms with Gasteiger partial charge >= 0.3 is 0 Å². The molecule has 0 nitrogen and oxygen atoms in total. The fraction of sp³-hybridized carbons (Fsp3) is 0.400. The summed E-state index contributed by atoms with van der Waals surface area (Å²) in [6.45, 7) is 7.12. The van der Waals surface area contributed by atoms with Gasteiger partial charge in [0.2, 0.25) is 0 Å². The van der Waals surface area contributed by atoms with E-state index >= 15 is 0 Å². The lowest BCUT2D eigenvalue weighted by molar-refractivity contribution is 1.11. The lowest BCUT2D eigenvalue weighted by atomic mass is 10.2. The highest BCUT2D eigenvalue weighted by Crippen LogP contribution is 2.49. The second-order valence-electron chi connectivity index (χ2n) is 3.93. The minimum atomic E-state index is -0.638. The molecule has 0 bridgehead atoms. The van der Waals surface area contributed by atoms with Gasteiger partial charge in [-0.15, -0.1) is 0 Å². The zero-order chi connectivity index (χ0) is 8.32. The van der Waals surface area contributed by atoms with E-state index in [4.69, 9.17) is 0 Å². The van der Waals surface area contributed by atoms with Crippen molar-refractivity contribution in [1.29, 1.82) is 0 Å². The van der Waals surface area contributed by atoms with E-state index in [0.29, 0.717) is 0 Å². The molecule has 0 saturated heterocycles. The van der Waals surface area contributed by atoms with Gasteiger partial charge in [-0.3, -0.25) is 14.1 Å². The maximum Gasteiger partial charge on any atom is 0.0834 e. The predicted molar refractivity (Wildman–Crippen MR) is 62.3 cm³/mol. The summed E-state index contributed by atoms with van der Waals surface area (Å²) in [5, 5.41) is 0. The Bertz CT molecular complexity index is 219. The molecule has 1 rings (SSSR count). The third-order valence-electron chi connectivity index (χ3n) is 1.50. The van der Waals surface area contributed by atoms with Crippen molar-refractivity contribution < 1.29 is 14.1 Å². The summed E-state index contributed by atoms with van der Waals surface area (Å²) in [7, 11) is -0.638. The molecule has 0 unspecified atom stereocenters. The van der Waals surface area contributed by atoms with Crippen LogP contribution in [0.15, 0.2) is 30.3 Å². The largest absolute Gasteiger partial charge is 0.269 e. The first-order valence-corrected chi connectivity index (χ1v) is 7.24. The average Bonchev–Trinajstić information content (AvgIpc) is 1.85. The molecule has 0 aliphatic rings. The SMILES string of the molecule is C[P+](C)(C)Cc1ccccc1.F.F.F. The summed E-state index contributed by atoms with van der Waals surface area (Å²) in [6, 6.07) is 10.7. The highest BCUT2D eigenvalue weighted by Gasteiger charge is 2.16. The van der Waals surface area contributed by atoms with Crippen LogP contribution < -0.4 is 0 Å². The van der Waals surface area contributed by atoms with E-state index in [0.717, 1.165) is 0 Å². The Balaban J connectivity index is -0.000000403. The molecule has 1 aromatic rings. The summed E-state index contributed by atoms with van der Waals surface area (Å²) >= 11 is 0. The highest BCUT2D eigenvalue weighted by atomic mass is 31.2. The molecule has 0 aliphatic heterocycles. The predicted octanol–water partition coefficient (Wildman–Crippen LogP) is 3.55. The zero-order valence-corrected chi connectivity index (χ0v) is 9.66. The van der Waals surface area contributed by atoms with Crippen molar-refractivity contribution in [2.24, 2.45) is 0 Å². The van der Waals surface area contributed by atoms with Crippen molar-refractivity contribution in [2.45, 2.75) is 6.16 Å². The third-order valence-corrected chi connectivity index (χ3v) is 2.81. The van der Waals surface area contributed by atoms with Gasteiger partial charge in [0.25, 0.3) is 0 Å². The highest BCUT2D eigenvalue weighted by molar-refractivity contribution is 7.72. The Hall–Kier alpha value is -0.560. The van der Waals surface area contributed by atoms with Crippen LogP contribution >= 0.6 is 7.26 Å². The maximum atomic E-state index is 2.38. The molecule has 84 valence electrons. The van der Waals surface area contributed by atoms with Crippen LogP contribution in [-0.2, 0) is 6.16 Å². The first-order chi connectivity index (χ1) is 5.08. The molecule has 0 saturated carbocycles. The van der Waals surface area contributed by atoms with Crippen LogP contribution in [0, 0.1) is 0 Å². The monoisotopic (exact) mass is 227 g/mol. The van der Waals surface area contributed by atoms with E-state index in [2.05, 4.69) is 50.3 Å². The van der Waals surface area contributed by atoms with Gasteiger partial charge in [0.1, 0.15) is 0 Å². The summed E-state index contributed by atoms with van der Waals surface area (Å²) in [6.07, 6.45) is 1.27. The standard InChI is InChI=1S/C10H16P.3FH/c1-11(2,3)9-10-7-5-4-6-8-10;;;/h4-8H,9H2,1-3H3;3*1H/q+1;;;. The molecule has 0 radical (unpaired) electrons.